The molecule has 0 radical (unpaired) electrons. The fraction of sp³-hybridized carbons (Fsp3) is 0.440. The quantitative estimate of drug-likeness (QED) is 0.317. The molecule has 1 fully saturated rings. The van der Waals surface area contributed by atoms with E-state index < -0.39 is 77.8 Å². The molecule has 0 amide bonds. The second kappa shape index (κ2) is 11.9. The largest absolute Gasteiger partial charge is 0.416 e. The Labute approximate surface area is 249 Å². The summed E-state index contributed by atoms with van der Waals surface area (Å²) < 4.78 is 95.4. The number of nitrogens with one attached hydrogen (secondary N) is 3. The Morgan fingerprint density at radius 3 is 2.40 bits per heavy atom. The van der Waals surface area contributed by atoms with Crippen LogP contribution in [0.3, 0.4) is 0 Å². The van der Waals surface area contributed by atoms with Crippen molar-refractivity contribution in [3.05, 3.63) is 71.8 Å². The number of sulfonamides is 1. The van der Waals surface area contributed by atoms with Crippen LogP contribution in [0.1, 0.15) is 30.0 Å². The summed E-state index contributed by atoms with van der Waals surface area (Å²) in [6.45, 7) is 1.71. The number of nitrogens with zero attached hydrogens (tertiary/aromatic N) is 1. The van der Waals surface area contributed by atoms with Crippen molar-refractivity contribution in [2.45, 2.75) is 43.4 Å². The minimum absolute atomic E-state index is 0.00470. The maximum absolute atomic E-state index is 14.4. The first-order chi connectivity index (χ1) is 19.4. The Kier molecular flexibility index (Phi) is 9.22. The molecule has 2 atom stereocenters. The molecule has 17 heteroatoms. The predicted molar refractivity (Wildman–Crippen MR) is 154 cm³/mol. The van der Waals surface area contributed by atoms with Crippen LogP contribution < -0.4 is 21.3 Å². The molecule has 1 aliphatic heterocycles. The molecule has 42 heavy (non-hydrogen) atoms. The number of halogens is 5. The van der Waals surface area contributed by atoms with Gasteiger partial charge in [0.25, 0.3) is 5.56 Å². The Morgan fingerprint density at radius 2 is 1.83 bits per heavy atom. The summed E-state index contributed by atoms with van der Waals surface area (Å²) in [6.07, 6.45) is -4.07. The second-order valence-electron chi connectivity index (χ2n) is 10.1. The second-order valence-corrected chi connectivity index (χ2v) is 14.9. The number of hydrogen-bond acceptors (Lipinski definition) is 7. The van der Waals surface area contributed by atoms with Gasteiger partial charge in [-0.15, -0.1) is 0 Å². The monoisotopic (exact) mass is 670 g/mol. The molecular formula is C25H27Cl2F3N4O6S2. The molecule has 1 aliphatic rings. The van der Waals surface area contributed by atoms with E-state index in [1.165, 1.54) is 25.1 Å². The van der Waals surface area contributed by atoms with Crippen LogP contribution in [0, 0.1) is 5.92 Å². The van der Waals surface area contributed by atoms with Gasteiger partial charge >= 0.3 is 11.9 Å². The van der Waals surface area contributed by atoms with Crippen molar-refractivity contribution >= 4 is 54.0 Å². The van der Waals surface area contributed by atoms with Crippen molar-refractivity contribution in [2.24, 2.45) is 5.92 Å². The lowest BCUT2D eigenvalue weighted by Crippen LogP contribution is -2.42. The van der Waals surface area contributed by atoms with Crippen molar-refractivity contribution in [3.8, 4) is 0 Å². The van der Waals surface area contributed by atoms with Crippen molar-refractivity contribution in [1.29, 1.82) is 0 Å². The van der Waals surface area contributed by atoms with Crippen molar-refractivity contribution in [2.75, 3.05) is 25.1 Å². The molecule has 3 N–H and O–H groups in total. The van der Waals surface area contributed by atoms with Crippen LogP contribution in [0.15, 0.2) is 38.8 Å². The van der Waals surface area contributed by atoms with Gasteiger partial charge in [0.15, 0.2) is 9.84 Å². The molecule has 0 bridgehead atoms. The average molecular weight is 672 g/mol. The van der Waals surface area contributed by atoms with Gasteiger partial charge in [-0.2, -0.15) is 13.2 Å². The number of hydrogen-bond donors (Lipinski definition) is 3. The molecule has 3 aromatic rings. The van der Waals surface area contributed by atoms with E-state index in [0.717, 1.165) is 6.26 Å². The fourth-order valence-electron chi connectivity index (χ4n) is 5.11. The van der Waals surface area contributed by atoms with Gasteiger partial charge in [0, 0.05) is 11.1 Å². The van der Waals surface area contributed by atoms with Gasteiger partial charge in [0.1, 0.15) is 0 Å². The van der Waals surface area contributed by atoms with E-state index >= 15 is 0 Å². The highest BCUT2D eigenvalue weighted by atomic mass is 35.5. The lowest BCUT2D eigenvalue weighted by molar-refractivity contribution is -0.138. The van der Waals surface area contributed by atoms with E-state index in [2.05, 4.69) is 15.0 Å². The Morgan fingerprint density at radius 1 is 1.14 bits per heavy atom. The van der Waals surface area contributed by atoms with E-state index in [4.69, 9.17) is 23.2 Å². The summed E-state index contributed by atoms with van der Waals surface area (Å²) in [4.78, 5) is 28.7. The molecular weight excluding hydrogens is 644 g/mol. The number of aromatic nitrogens is 2. The molecule has 1 aromatic heterocycles. The molecule has 230 valence electrons. The van der Waals surface area contributed by atoms with E-state index in [1.807, 2.05) is 0 Å². The van der Waals surface area contributed by atoms with Crippen molar-refractivity contribution < 1.29 is 30.0 Å². The Balaban J connectivity index is 1.91. The van der Waals surface area contributed by atoms with Crippen LogP contribution in [0.5, 0.6) is 0 Å². The molecule has 2 heterocycles. The molecule has 1 saturated heterocycles. The van der Waals surface area contributed by atoms with Gasteiger partial charge in [-0.25, -0.2) is 26.4 Å². The topological polar surface area (TPSA) is 147 Å². The van der Waals surface area contributed by atoms with E-state index in [-0.39, 0.29) is 32.7 Å². The molecule has 4 rings (SSSR count). The standard InChI is InChI=1S/C25H27Cl2F3N4O6S2/c1-3-42(39,40)20-5-4-15(26)8-14(20)12-34-23(35)17-9-18(25(28,29)30)16(21(27)22(17)32-24(34)36)10-19(33-41(2,37)38)13-6-7-31-11-13/h4-5,8-9,13,19,31,33H,3,6-7,10-12H2,1-2H3,(H,32,36)/t13?,19-/m1/s1. The van der Waals surface area contributed by atoms with E-state index in [1.54, 1.807) is 0 Å². The third-order valence-corrected chi connectivity index (χ3v) is 10.4. The summed E-state index contributed by atoms with van der Waals surface area (Å²) in [5, 5.41) is 2.05. The first-order valence-electron chi connectivity index (χ1n) is 12.7. The summed E-state index contributed by atoms with van der Waals surface area (Å²) >= 11 is 12.5. The van der Waals surface area contributed by atoms with E-state index in [0.29, 0.717) is 30.1 Å². The highest BCUT2D eigenvalue weighted by Gasteiger charge is 2.38. The van der Waals surface area contributed by atoms with Gasteiger partial charge in [0.2, 0.25) is 10.0 Å². The number of H-pyrrole nitrogens is 1. The lowest BCUT2D eigenvalue weighted by Gasteiger charge is -2.26. The SMILES string of the molecule is CCS(=O)(=O)c1ccc(Cl)cc1Cn1c(=O)[nH]c2c(Cl)c(C[C@@H](NS(C)(=O)=O)C3CCNC3)c(C(F)(F)F)cc2c1=O. The molecule has 1 unspecified atom stereocenters. The molecule has 10 nitrogen and oxygen atoms in total. The number of fused-ring (bicyclic) bond motifs is 1. The Bertz CT molecular complexity index is 1870. The minimum Gasteiger partial charge on any atom is -0.316 e. The highest BCUT2D eigenvalue weighted by Crippen LogP contribution is 2.39. The van der Waals surface area contributed by atoms with Crippen LogP contribution in [0.4, 0.5) is 13.2 Å². The number of alkyl halides is 3. The van der Waals surface area contributed by atoms with Crippen LogP contribution in [0.25, 0.3) is 10.9 Å². The third kappa shape index (κ3) is 6.86. The maximum Gasteiger partial charge on any atom is 0.416 e. The van der Waals surface area contributed by atoms with Crippen molar-refractivity contribution in [1.82, 2.24) is 19.6 Å². The fourth-order valence-corrected chi connectivity index (χ4v) is 7.57. The highest BCUT2D eigenvalue weighted by molar-refractivity contribution is 7.91. The number of aromatic amines is 1. The Hall–Kier alpha value is -2.43. The predicted octanol–water partition coefficient (Wildman–Crippen LogP) is 2.93. The summed E-state index contributed by atoms with van der Waals surface area (Å²) in [6, 6.07) is 3.41. The van der Waals surface area contributed by atoms with Crippen LogP contribution in [0.2, 0.25) is 10.0 Å². The number of sulfone groups is 1. The first kappa shape index (κ1) is 32.5. The molecule has 0 spiro atoms. The number of benzene rings is 2. The van der Waals surface area contributed by atoms with Crippen LogP contribution in [-0.2, 0) is 39.0 Å². The van der Waals surface area contributed by atoms with Gasteiger partial charge in [-0.05, 0) is 67.2 Å². The molecule has 0 saturated carbocycles. The average Bonchev–Trinajstić information content (AvgIpc) is 3.41. The van der Waals surface area contributed by atoms with Gasteiger partial charge < -0.3 is 10.3 Å². The minimum atomic E-state index is -5.00. The van der Waals surface area contributed by atoms with Crippen LogP contribution >= 0.6 is 23.2 Å². The zero-order valence-corrected chi connectivity index (χ0v) is 25.5. The third-order valence-electron chi connectivity index (χ3n) is 7.15. The summed E-state index contributed by atoms with van der Waals surface area (Å²) in [5.74, 6) is -0.629. The molecule has 0 aliphatic carbocycles. The van der Waals surface area contributed by atoms with E-state index in [9.17, 15) is 39.6 Å². The molecule has 2 aromatic carbocycles. The van der Waals surface area contributed by atoms with Gasteiger partial charge in [0.05, 0.1) is 44.9 Å². The zero-order valence-electron chi connectivity index (χ0n) is 22.3. The van der Waals surface area contributed by atoms with Gasteiger partial charge in [-0.3, -0.25) is 9.36 Å². The zero-order chi connectivity index (χ0) is 31.2. The summed E-state index contributed by atoms with van der Waals surface area (Å²) in [7, 11) is -7.63. The smallest absolute Gasteiger partial charge is 0.316 e. The van der Waals surface area contributed by atoms with Crippen molar-refractivity contribution in [3.63, 3.8) is 0 Å². The van der Waals surface area contributed by atoms with Crippen LogP contribution in [-0.4, -0.2) is 57.5 Å². The lowest BCUT2D eigenvalue weighted by atomic mass is 9.90. The maximum atomic E-state index is 14.4. The van der Waals surface area contributed by atoms with Gasteiger partial charge in [-0.1, -0.05) is 30.1 Å². The first-order valence-corrected chi connectivity index (χ1v) is 17.0. The summed E-state index contributed by atoms with van der Waals surface area (Å²) in [5.41, 5.74) is -4.30. The normalized spacial score (nSPS) is 17.2. The number of rotatable bonds is 9.